The van der Waals surface area contributed by atoms with E-state index in [1.54, 1.807) is 12.1 Å². The quantitative estimate of drug-likeness (QED) is 0.605. The monoisotopic (exact) mass is 386 g/mol. The van der Waals surface area contributed by atoms with E-state index in [4.69, 9.17) is 14.0 Å². The molecule has 1 heterocycles. The second kappa shape index (κ2) is 8.06. The van der Waals surface area contributed by atoms with E-state index in [9.17, 15) is 4.39 Å². The minimum absolute atomic E-state index is 0.239. The Hall–Kier alpha value is -2.18. The Morgan fingerprint density at radius 2 is 1.61 bits per heavy atom. The number of hydrogen-bond acceptors (Lipinski definition) is 3. The van der Waals surface area contributed by atoms with Gasteiger partial charge in [0.15, 0.2) is 0 Å². The molecule has 1 fully saturated rings. The van der Waals surface area contributed by atoms with Crippen molar-refractivity contribution >= 4 is 12.7 Å². The Morgan fingerprint density at radius 1 is 0.964 bits per heavy atom. The molecule has 0 unspecified atom stereocenters. The van der Waals surface area contributed by atoms with Gasteiger partial charge < -0.3 is 14.0 Å². The van der Waals surface area contributed by atoms with Gasteiger partial charge in [0.05, 0.1) is 17.8 Å². The summed E-state index contributed by atoms with van der Waals surface area (Å²) in [6, 6.07) is 15.1. The average Bonchev–Trinajstić information content (AvgIpc) is 2.87. The molecule has 0 bridgehead atoms. The van der Waals surface area contributed by atoms with E-state index >= 15 is 4.39 Å². The lowest BCUT2D eigenvalue weighted by atomic mass is 9.82. The molecule has 3 nitrogen and oxygen atoms in total. The summed E-state index contributed by atoms with van der Waals surface area (Å²) < 4.78 is 46.6. The Morgan fingerprint density at radius 3 is 2.21 bits per heavy atom. The van der Waals surface area contributed by atoms with Gasteiger partial charge >= 0.3 is 7.12 Å². The van der Waals surface area contributed by atoms with Crippen molar-refractivity contribution in [2.45, 2.75) is 45.3 Å². The molecular formula is C22H25BF2O3. The van der Waals surface area contributed by atoms with Crippen molar-refractivity contribution in [2.75, 3.05) is 6.61 Å². The summed E-state index contributed by atoms with van der Waals surface area (Å²) in [6.45, 7) is 7.69. The summed E-state index contributed by atoms with van der Waals surface area (Å²) in [5.74, 6) is 0.262. The molecule has 28 heavy (non-hydrogen) atoms. The minimum Gasteiger partial charge on any atom is -0.493 e. The van der Waals surface area contributed by atoms with Crippen LogP contribution in [0.25, 0.3) is 5.57 Å². The average molecular weight is 386 g/mol. The highest BCUT2D eigenvalue weighted by Crippen LogP contribution is 2.40. The molecule has 148 valence electrons. The van der Waals surface area contributed by atoms with Crippen molar-refractivity contribution in [3.05, 3.63) is 71.7 Å². The summed E-state index contributed by atoms with van der Waals surface area (Å²) in [4.78, 5) is 0. The summed E-state index contributed by atoms with van der Waals surface area (Å²) in [5.41, 5.74) is -1.12. The van der Waals surface area contributed by atoms with E-state index in [1.807, 2.05) is 58.0 Å². The summed E-state index contributed by atoms with van der Waals surface area (Å²) in [6.07, 6.45) is 0.244. The van der Waals surface area contributed by atoms with Gasteiger partial charge in [0.2, 0.25) is 0 Å². The van der Waals surface area contributed by atoms with Crippen LogP contribution < -0.4 is 4.74 Å². The molecule has 1 aliphatic heterocycles. The summed E-state index contributed by atoms with van der Waals surface area (Å²) in [7, 11) is -1.14. The zero-order valence-corrected chi connectivity index (χ0v) is 16.7. The first kappa shape index (κ1) is 20.6. The maximum absolute atomic E-state index is 15.5. The first-order chi connectivity index (χ1) is 13.2. The molecule has 2 aromatic rings. The van der Waals surface area contributed by atoms with Crippen molar-refractivity contribution in [1.82, 2.24) is 0 Å². The summed E-state index contributed by atoms with van der Waals surface area (Å²) in [5, 5.41) is 0. The van der Waals surface area contributed by atoms with Gasteiger partial charge in [0, 0.05) is 6.42 Å². The molecule has 0 amide bonds. The zero-order chi connectivity index (χ0) is 20.4. The molecular weight excluding hydrogens is 361 g/mol. The van der Waals surface area contributed by atoms with Crippen molar-refractivity contribution in [1.29, 1.82) is 0 Å². The van der Waals surface area contributed by atoms with E-state index in [2.05, 4.69) is 0 Å². The SMILES string of the molecule is CC1(C)OB(C(F)=C(CCOc2ccccc2)c2cccc(F)c2)OC1(C)C. The number of hydrogen-bond donors (Lipinski definition) is 0. The van der Waals surface area contributed by atoms with Crippen LogP contribution >= 0.6 is 0 Å². The Balaban J connectivity index is 1.86. The third-order valence-corrected chi connectivity index (χ3v) is 5.29. The highest BCUT2D eigenvalue weighted by molar-refractivity contribution is 6.55. The van der Waals surface area contributed by atoms with Crippen LogP contribution in [0, 0.1) is 5.82 Å². The Kier molecular flexibility index (Phi) is 5.91. The van der Waals surface area contributed by atoms with Crippen LogP contribution in [-0.4, -0.2) is 24.9 Å². The third kappa shape index (κ3) is 4.45. The van der Waals surface area contributed by atoms with Crippen LogP contribution in [0.4, 0.5) is 8.78 Å². The van der Waals surface area contributed by atoms with E-state index < -0.39 is 29.9 Å². The van der Waals surface area contributed by atoms with Crippen molar-refractivity contribution < 1.29 is 22.8 Å². The highest BCUT2D eigenvalue weighted by atomic mass is 19.1. The van der Waals surface area contributed by atoms with Crippen LogP contribution in [0.1, 0.15) is 39.7 Å². The lowest BCUT2D eigenvalue weighted by Crippen LogP contribution is -2.41. The van der Waals surface area contributed by atoms with E-state index in [0.717, 1.165) is 0 Å². The standard InChI is InChI=1S/C22H25BF2O3/c1-21(2)22(3,4)28-23(27-21)20(25)19(16-9-8-10-17(24)15-16)13-14-26-18-11-6-5-7-12-18/h5-12,15H,13-14H2,1-4H3. The predicted octanol–water partition coefficient (Wildman–Crippen LogP) is 5.61. The Labute approximate surface area is 165 Å². The highest BCUT2D eigenvalue weighted by Gasteiger charge is 2.53. The molecule has 0 spiro atoms. The molecule has 0 N–H and O–H groups in total. The lowest BCUT2D eigenvalue weighted by Gasteiger charge is -2.32. The molecule has 3 rings (SSSR count). The van der Waals surface area contributed by atoms with Crippen LogP contribution in [0.3, 0.4) is 0 Å². The topological polar surface area (TPSA) is 27.7 Å². The van der Waals surface area contributed by atoms with Crippen molar-refractivity contribution in [2.24, 2.45) is 0 Å². The largest absolute Gasteiger partial charge is 0.525 e. The molecule has 2 aromatic carbocycles. The van der Waals surface area contributed by atoms with E-state index in [0.29, 0.717) is 16.9 Å². The van der Waals surface area contributed by atoms with Gasteiger partial charge in [0.25, 0.3) is 0 Å². The minimum atomic E-state index is -1.14. The Bertz CT molecular complexity index is 834. The first-order valence-corrected chi connectivity index (χ1v) is 9.37. The molecule has 0 radical (unpaired) electrons. The number of rotatable bonds is 6. The van der Waals surface area contributed by atoms with Gasteiger partial charge in [-0.2, -0.15) is 0 Å². The fourth-order valence-corrected chi connectivity index (χ4v) is 2.95. The van der Waals surface area contributed by atoms with Gasteiger partial charge in [-0.15, -0.1) is 0 Å². The number of benzene rings is 2. The van der Waals surface area contributed by atoms with E-state index in [-0.39, 0.29) is 13.0 Å². The van der Waals surface area contributed by atoms with Crippen LogP contribution in [0.2, 0.25) is 0 Å². The molecule has 1 saturated heterocycles. The maximum atomic E-state index is 15.5. The molecule has 0 atom stereocenters. The van der Waals surface area contributed by atoms with E-state index in [1.165, 1.54) is 12.1 Å². The van der Waals surface area contributed by atoms with Crippen molar-refractivity contribution in [3.8, 4) is 5.75 Å². The van der Waals surface area contributed by atoms with Gasteiger partial charge in [-0.1, -0.05) is 30.3 Å². The fourth-order valence-electron chi connectivity index (χ4n) is 2.95. The normalized spacial score (nSPS) is 18.7. The zero-order valence-electron chi connectivity index (χ0n) is 16.7. The van der Waals surface area contributed by atoms with Gasteiger partial charge in [-0.05, 0) is 63.1 Å². The van der Waals surface area contributed by atoms with Crippen LogP contribution in [-0.2, 0) is 9.31 Å². The van der Waals surface area contributed by atoms with Crippen LogP contribution in [0.15, 0.2) is 60.3 Å². The number of para-hydroxylation sites is 1. The molecule has 0 aromatic heterocycles. The molecule has 0 saturated carbocycles. The van der Waals surface area contributed by atoms with Gasteiger partial charge in [-0.3, -0.25) is 0 Å². The van der Waals surface area contributed by atoms with Crippen LogP contribution in [0.5, 0.6) is 5.75 Å². The third-order valence-electron chi connectivity index (χ3n) is 5.29. The lowest BCUT2D eigenvalue weighted by molar-refractivity contribution is 0.00578. The fraction of sp³-hybridized carbons (Fsp3) is 0.364. The second-order valence-corrected chi connectivity index (χ2v) is 7.84. The van der Waals surface area contributed by atoms with Gasteiger partial charge in [0.1, 0.15) is 17.3 Å². The first-order valence-electron chi connectivity index (χ1n) is 9.37. The smallest absolute Gasteiger partial charge is 0.493 e. The molecule has 0 aliphatic carbocycles. The summed E-state index contributed by atoms with van der Waals surface area (Å²) >= 11 is 0. The predicted molar refractivity (Wildman–Crippen MR) is 107 cm³/mol. The molecule has 1 aliphatic rings. The number of halogens is 2. The number of ether oxygens (including phenoxy) is 1. The van der Waals surface area contributed by atoms with Crippen molar-refractivity contribution in [3.63, 3.8) is 0 Å². The second-order valence-electron chi connectivity index (χ2n) is 7.84. The maximum Gasteiger partial charge on any atom is 0.525 e. The molecule has 6 heteroatoms. The van der Waals surface area contributed by atoms with Gasteiger partial charge in [-0.25, -0.2) is 8.78 Å².